The molecule has 0 saturated carbocycles. The summed E-state index contributed by atoms with van der Waals surface area (Å²) in [4.78, 5) is 26.4. The van der Waals surface area contributed by atoms with E-state index in [0.29, 0.717) is 22.6 Å². The molecule has 166 valence electrons. The van der Waals surface area contributed by atoms with Crippen molar-refractivity contribution < 1.29 is 9.59 Å². The van der Waals surface area contributed by atoms with Gasteiger partial charge < -0.3 is 10.6 Å². The van der Waals surface area contributed by atoms with Crippen LogP contribution >= 0.6 is 11.6 Å². The molecule has 0 radical (unpaired) electrons. The van der Waals surface area contributed by atoms with Gasteiger partial charge in [-0.25, -0.2) is 0 Å². The van der Waals surface area contributed by atoms with Gasteiger partial charge in [0.15, 0.2) is 11.6 Å². The van der Waals surface area contributed by atoms with Crippen molar-refractivity contribution in [2.24, 2.45) is 5.41 Å². The van der Waals surface area contributed by atoms with E-state index in [1.165, 1.54) is 0 Å². The second kappa shape index (κ2) is 8.20. The third-order valence-electron chi connectivity index (χ3n) is 6.32. The van der Waals surface area contributed by atoms with Gasteiger partial charge in [0.1, 0.15) is 0 Å². The maximum atomic E-state index is 13.3. The van der Waals surface area contributed by atoms with Gasteiger partial charge in [0.25, 0.3) is 0 Å². The molecule has 0 unspecified atom stereocenters. The number of rotatable bonds is 3. The van der Waals surface area contributed by atoms with Crippen molar-refractivity contribution in [1.82, 2.24) is 0 Å². The van der Waals surface area contributed by atoms with Crippen LogP contribution in [0.5, 0.6) is 0 Å². The highest BCUT2D eigenvalue weighted by Crippen LogP contribution is 2.45. The molecule has 0 amide bonds. The fraction of sp³-hybridized carbons (Fsp3) is 0.214. The number of ketones is 2. The number of anilines is 2. The van der Waals surface area contributed by atoms with Gasteiger partial charge in [0, 0.05) is 33.8 Å². The lowest BCUT2D eigenvalue weighted by molar-refractivity contribution is -0.118. The lowest BCUT2D eigenvalue weighted by Crippen LogP contribution is -2.31. The highest BCUT2D eigenvalue weighted by Gasteiger charge is 2.38. The number of hydrogen-bond acceptors (Lipinski definition) is 4. The molecule has 5 heteroatoms. The lowest BCUT2D eigenvalue weighted by Gasteiger charge is -2.34. The zero-order valence-corrected chi connectivity index (χ0v) is 19.4. The predicted molar refractivity (Wildman–Crippen MR) is 133 cm³/mol. The number of benzene rings is 3. The number of Topliss-reactive ketones (excluding diaryl/α,β-unsaturated/α-hetero) is 1. The summed E-state index contributed by atoms with van der Waals surface area (Å²) in [7, 11) is 0. The van der Waals surface area contributed by atoms with E-state index < -0.39 is 0 Å². The van der Waals surface area contributed by atoms with Gasteiger partial charge in [-0.05, 0) is 47.7 Å². The molecular weight excluding hydrogens is 432 g/mol. The molecule has 3 aromatic carbocycles. The monoisotopic (exact) mass is 456 g/mol. The molecule has 1 heterocycles. The maximum absolute atomic E-state index is 13.3. The first kappa shape index (κ1) is 21.5. The summed E-state index contributed by atoms with van der Waals surface area (Å²) in [5.41, 5.74) is 5.38. The van der Waals surface area contributed by atoms with Crippen molar-refractivity contribution in [3.8, 4) is 0 Å². The zero-order valence-electron chi connectivity index (χ0n) is 18.6. The highest BCUT2D eigenvalue weighted by molar-refractivity contribution is 6.30. The zero-order chi connectivity index (χ0) is 23.2. The van der Waals surface area contributed by atoms with E-state index in [9.17, 15) is 9.59 Å². The van der Waals surface area contributed by atoms with Gasteiger partial charge in [0.2, 0.25) is 0 Å². The fourth-order valence-electron chi connectivity index (χ4n) is 4.75. The Hall–Kier alpha value is -3.37. The number of allylic oxidation sites excluding steroid dienone is 1. The predicted octanol–water partition coefficient (Wildman–Crippen LogP) is 6.79. The Balaban J connectivity index is 1.60. The molecule has 33 heavy (non-hydrogen) atoms. The minimum absolute atomic E-state index is 0.0343. The van der Waals surface area contributed by atoms with E-state index in [4.69, 9.17) is 11.6 Å². The molecule has 0 bridgehead atoms. The quantitative estimate of drug-likeness (QED) is 0.426. The molecular formula is C28H25ClN2O2. The van der Waals surface area contributed by atoms with Crippen LogP contribution in [0.3, 0.4) is 0 Å². The SMILES string of the molecule is CC1(C)CC(=O)C2=C(C1)Nc1cc(C(=O)c3ccccc3)ccc1N[C@H]2c1ccc(Cl)cc1. The first-order chi connectivity index (χ1) is 15.8. The van der Waals surface area contributed by atoms with E-state index in [0.717, 1.165) is 34.6 Å². The smallest absolute Gasteiger partial charge is 0.193 e. The number of nitrogens with one attached hydrogen (secondary N) is 2. The van der Waals surface area contributed by atoms with Crippen molar-refractivity contribution in [2.75, 3.05) is 10.6 Å². The third kappa shape index (κ3) is 4.19. The van der Waals surface area contributed by atoms with Crippen LogP contribution in [0.1, 0.15) is 54.2 Å². The summed E-state index contributed by atoms with van der Waals surface area (Å²) in [5, 5.41) is 7.74. The first-order valence-electron chi connectivity index (χ1n) is 11.1. The van der Waals surface area contributed by atoms with Crippen LogP contribution in [0.25, 0.3) is 0 Å². The Bertz CT molecular complexity index is 1280. The molecule has 0 aromatic heterocycles. The van der Waals surface area contributed by atoms with Gasteiger partial charge >= 0.3 is 0 Å². The Kier molecular flexibility index (Phi) is 5.34. The molecule has 2 N–H and O–H groups in total. The summed E-state index contributed by atoms with van der Waals surface area (Å²) < 4.78 is 0. The average Bonchev–Trinajstić information content (AvgIpc) is 2.95. The molecule has 1 aliphatic carbocycles. The van der Waals surface area contributed by atoms with E-state index in [1.54, 1.807) is 0 Å². The summed E-state index contributed by atoms with van der Waals surface area (Å²) in [6, 6.07) is 22.2. The van der Waals surface area contributed by atoms with Gasteiger partial charge in [-0.1, -0.05) is 67.9 Å². The van der Waals surface area contributed by atoms with E-state index >= 15 is 0 Å². The molecule has 1 aliphatic heterocycles. The maximum Gasteiger partial charge on any atom is 0.193 e. The number of carbonyl (C=O) groups is 2. The minimum Gasteiger partial charge on any atom is -0.372 e. The van der Waals surface area contributed by atoms with Crippen molar-refractivity contribution in [3.05, 3.63) is 106 Å². The van der Waals surface area contributed by atoms with Crippen molar-refractivity contribution in [1.29, 1.82) is 0 Å². The average molecular weight is 457 g/mol. The van der Waals surface area contributed by atoms with Crippen molar-refractivity contribution >= 4 is 34.5 Å². The largest absolute Gasteiger partial charge is 0.372 e. The van der Waals surface area contributed by atoms with Gasteiger partial charge in [-0.3, -0.25) is 9.59 Å². The number of fused-ring (bicyclic) bond motifs is 1. The van der Waals surface area contributed by atoms with Crippen molar-refractivity contribution in [2.45, 2.75) is 32.7 Å². The molecule has 0 spiro atoms. The topological polar surface area (TPSA) is 58.2 Å². The molecule has 3 aromatic rings. The fourth-order valence-corrected chi connectivity index (χ4v) is 4.87. The first-order valence-corrected chi connectivity index (χ1v) is 11.5. The van der Waals surface area contributed by atoms with Crippen LogP contribution in [0.15, 0.2) is 84.1 Å². The molecule has 0 fully saturated rings. The second-order valence-electron chi connectivity index (χ2n) is 9.54. The van der Waals surface area contributed by atoms with Gasteiger partial charge in [-0.15, -0.1) is 0 Å². The van der Waals surface area contributed by atoms with E-state index in [-0.39, 0.29) is 23.0 Å². The van der Waals surface area contributed by atoms with Crippen LogP contribution < -0.4 is 10.6 Å². The molecule has 0 saturated heterocycles. The Labute approximate surface area is 198 Å². The van der Waals surface area contributed by atoms with Crippen LogP contribution in [-0.2, 0) is 4.79 Å². The molecule has 4 nitrogen and oxygen atoms in total. The minimum atomic E-state index is -0.301. The third-order valence-corrected chi connectivity index (χ3v) is 6.57. The Morgan fingerprint density at radius 3 is 2.36 bits per heavy atom. The number of halogens is 1. The van der Waals surface area contributed by atoms with Crippen LogP contribution in [-0.4, -0.2) is 11.6 Å². The number of carbonyl (C=O) groups excluding carboxylic acids is 2. The Morgan fingerprint density at radius 1 is 0.909 bits per heavy atom. The van der Waals surface area contributed by atoms with E-state index in [1.807, 2.05) is 72.8 Å². The lowest BCUT2D eigenvalue weighted by atomic mass is 9.73. The van der Waals surface area contributed by atoms with Crippen LogP contribution in [0, 0.1) is 5.41 Å². The van der Waals surface area contributed by atoms with E-state index in [2.05, 4.69) is 24.5 Å². The summed E-state index contributed by atoms with van der Waals surface area (Å²) in [6.07, 6.45) is 1.24. The van der Waals surface area contributed by atoms with Gasteiger partial charge in [0.05, 0.1) is 17.4 Å². The van der Waals surface area contributed by atoms with Crippen LogP contribution in [0.4, 0.5) is 11.4 Å². The normalized spacial score (nSPS) is 19.0. The Morgan fingerprint density at radius 2 is 1.64 bits per heavy atom. The molecule has 1 atom stereocenters. The van der Waals surface area contributed by atoms with Crippen molar-refractivity contribution in [3.63, 3.8) is 0 Å². The second-order valence-corrected chi connectivity index (χ2v) is 9.98. The summed E-state index contributed by atoms with van der Waals surface area (Å²) in [6.45, 7) is 4.23. The van der Waals surface area contributed by atoms with Crippen LogP contribution in [0.2, 0.25) is 5.02 Å². The standard InChI is InChI=1S/C28H25ClN2O2/c1-28(2)15-23-25(24(32)16-28)26(17-8-11-20(29)12-9-17)31-21-13-10-19(14-22(21)30-23)27(33)18-6-4-3-5-7-18/h3-14,26,30-31H,15-16H2,1-2H3/t26-/m0/s1. The molecule has 2 aliphatic rings. The summed E-state index contributed by atoms with van der Waals surface area (Å²) >= 11 is 6.12. The summed E-state index contributed by atoms with van der Waals surface area (Å²) in [5.74, 6) is 0.0996. The number of hydrogen-bond donors (Lipinski definition) is 2. The highest BCUT2D eigenvalue weighted by atomic mass is 35.5. The molecule has 5 rings (SSSR count). The van der Waals surface area contributed by atoms with Gasteiger partial charge in [-0.2, -0.15) is 0 Å².